The molecule has 0 radical (unpaired) electrons. The topological polar surface area (TPSA) is 80.7 Å². The van der Waals surface area contributed by atoms with Crippen LogP contribution in [0.3, 0.4) is 0 Å². The fourth-order valence-electron chi connectivity index (χ4n) is 2.49. The minimum Gasteiger partial charge on any atom is -0.374 e. The van der Waals surface area contributed by atoms with E-state index in [4.69, 9.17) is 4.74 Å². The summed E-state index contributed by atoms with van der Waals surface area (Å²) >= 11 is 0. The Balaban J connectivity index is 1.65. The number of rotatable bonds is 5. The number of H-pyrrole nitrogens is 1. The number of hydrogen-bond acceptors (Lipinski definition) is 5. The van der Waals surface area contributed by atoms with Crippen LogP contribution in [0.15, 0.2) is 12.3 Å². The first-order valence-corrected chi connectivity index (χ1v) is 7.48. The zero-order valence-electron chi connectivity index (χ0n) is 12.5. The number of ether oxygens (including phenoxy) is 1. The quantitative estimate of drug-likeness (QED) is 0.853. The average molecular weight is 290 g/mol. The standard InChI is InChI=1S/C14H22N6O/c1-10(2)5-11-6-13(17-16-11)14-9-20(19-18-14)8-12-7-15-3-4-21-12/h6,9-10,12,15H,3-5,7-8H2,1-2H3,(H,16,17). The molecule has 114 valence electrons. The van der Waals surface area contributed by atoms with E-state index in [0.29, 0.717) is 12.5 Å². The lowest BCUT2D eigenvalue weighted by Gasteiger charge is -2.23. The highest BCUT2D eigenvalue weighted by molar-refractivity contribution is 5.52. The number of aromatic amines is 1. The van der Waals surface area contributed by atoms with Gasteiger partial charge in [-0.3, -0.25) is 5.10 Å². The van der Waals surface area contributed by atoms with E-state index >= 15 is 0 Å². The van der Waals surface area contributed by atoms with E-state index in [1.165, 1.54) is 0 Å². The Labute approximate surface area is 124 Å². The normalized spacial score (nSPS) is 19.3. The molecule has 2 aromatic rings. The molecule has 3 rings (SSSR count). The molecule has 0 spiro atoms. The molecule has 3 heterocycles. The van der Waals surface area contributed by atoms with Crippen LogP contribution in [-0.4, -0.2) is 51.0 Å². The summed E-state index contributed by atoms with van der Waals surface area (Å²) in [6.45, 7) is 7.62. The van der Waals surface area contributed by atoms with Gasteiger partial charge >= 0.3 is 0 Å². The molecule has 1 atom stereocenters. The number of morpholine rings is 1. The highest BCUT2D eigenvalue weighted by atomic mass is 16.5. The van der Waals surface area contributed by atoms with Crippen molar-refractivity contribution in [1.29, 1.82) is 0 Å². The van der Waals surface area contributed by atoms with E-state index in [1.54, 1.807) is 0 Å². The number of aromatic nitrogens is 5. The van der Waals surface area contributed by atoms with Gasteiger partial charge in [0.2, 0.25) is 0 Å². The lowest BCUT2D eigenvalue weighted by atomic mass is 10.1. The van der Waals surface area contributed by atoms with Crippen molar-refractivity contribution < 1.29 is 4.74 Å². The molecular formula is C14H22N6O. The van der Waals surface area contributed by atoms with E-state index in [-0.39, 0.29) is 6.10 Å². The molecule has 2 aromatic heterocycles. The summed E-state index contributed by atoms with van der Waals surface area (Å²) in [4.78, 5) is 0. The maximum absolute atomic E-state index is 5.67. The first-order chi connectivity index (χ1) is 10.2. The van der Waals surface area contributed by atoms with Crippen molar-refractivity contribution in [2.75, 3.05) is 19.7 Å². The Morgan fingerprint density at radius 3 is 3.10 bits per heavy atom. The fourth-order valence-corrected chi connectivity index (χ4v) is 2.49. The van der Waals surface area contributed by atoms with Gasteiger partial charge in [0.05, 0.1) is 25.5 Å². The molecule has 1 unspecified atom stereocenters. The molecule has 7 nitrogen and oxygen atoms in total. The van der Waals surface area contributed by atoms with Crippen LogP contribution in [0.5, 0.6) is 0 Å². The van der Waals surface area contributed by atoms with Crippen LogP contribution >= 0.6 is 0 Å². The van der Waals surface area contributed by atoms with Crippen LogP contribution in [0.2, 0.25) is 0 Å². The van der Waals surface area contributed by atoms with E-state index in [1.807, 2.05) is 16.9 Å². The zero-order chi connectivity index (χ0) is 14.7. The monoisotopic (exact) mass is 290 g/mol. The minimum atomic E-state index is 0.156. The molecule has 0 bridgehead atoms. The van der Waals surface area contributed by atoms with E-state index in [2.05, 4.69) is 39.7 Å². The molecule has 1 fully saturated rings. The Kier molecular flexibility index (Phi) is 4.31. The van der Waals surface area contributed by atoms with Gasteiger partial charge in [0.15, 0.2) is 0 Å². The van der Waals surface area contributed by atoms with E-state index in [9.17, 15) is 0 Å². The predicted octanol–water partition coefficient (Wildman–Crippen LogP) is 0.855. The molecule has 7 heteroatoms. The van der Waals surface area contributed by atoms with Gasteiger partial charge < -0.3 is 10.1 Å². The van der Waals surface area contributed by atoms with Crippen molar-refractivity contribution >= 4 is 0 Å². The van der Waals surface area contributed by atoms with E-state index < -0.39 is 0 Å². The molecule has 0 amide bonds. The zero-order valence-corrected chi connectivity index (χ0v) is 12.5. The SMILES string of the molecule is CC(C)Cc1cc(-c2cn(CC3CNCCO3)nn2)n[nH]1. The van der Waals surface area contributed by atoms with Gasteiger partial charge in [-0.25, -0.2) is 4.68 Å². The molecule has 1 saturated heterocycles. The first-order valence-electron chi connectivity index (χ1n) is 7.48. The number of nitrogens with zero attached hydrogens (tertiary/aromatic N) is 4. The van der Waals surface area contributed by atoms with Crippen molar-refractivity contribution in [3.8, 4) is 11.4 Å². The summed E-state index contributed by atoms with van der Waals surface area (Å²) in [6.07, 6.45) is 3.07. The Morgan fingerprint density at radius 2 is 2.33 bits per heavy atom. The Morgan fingerprint density at radius 1 is 1.43 bits per heavy atom. The van der Waals surface area contributed by atoms with Gasteiger partial charge in [-0.05, 0) is 18.4 Å². The molecule has 21 heavy (non-hydrogen) atoms. The maximum Gasteiger partial charge on any atom is 0.133 e. The third-order valence-electron chi connectivity index (χ3n) is 3.46. The fraction of sp³-hybridized carbons (Fsp3) is 0.643. The number of nitrogens with one attached hydrogen (secondary N) is 2. The van der Waals surface area contributed by atoms with Crippen molar-refractivity contribution in [1.82, 2.24) is 30.5 Å². The van der Waals surface area contributed by atoms with Crippen LogP contribution in [0, 0.1) is 5.92 Å². The molecule has 1 aliphatic heterocycles. The number of hydrogen-bond donors (Lipinski definition) is 2. The third-order valence-corrected chi connectivity index (χ3v) is 3.46. The van der Waals surface area contributed by atoms with Crippen molar-refractivity contribution in [2.24, 2.45) is 5.92 Å². The first kappa shape index (κ1) is 14.2. The summed E-state index contributed by atoms with van der Waals surface area (Å²) in [6, 6.07) is 2.05. The molecule has 0 aliphatic carbocycles. The predicted molar refractivity (Wildman–Crippen MR) is 78.8 cm³/mol. The molecule has 0 aromatic carbocycles. The Hall–Kier alpha value is -1.73. The van der Waals surface area contributed by atoms with Crippen LogP contribution < -0.4 is 5.32 Å². The highest BCUT2D eigenvalue weighted by Gasteiger charge is 2.16. The van der Waals surface area contributed by atoms with Crippen LogP contribution in [-0.2, 0) is 17.7 Å². The highest BCUT2D eigenvalue weighted by Crippen LogP contribution is 2.16. The van der Waals surface area contributed by atoms with Gasteiger partial charge in [-0.15, -0.1) is 5.10 Å². The van der Waals surface area contributed by atoms with Gasteiger partial charge in [-0.1, -0.05) is 19.1 Å². The molecule has 1 aliphatic rings. The summed E-state index contributed by atoms with van der Waals surface area (Å²) < 4.78 is 7.49. The second kappa shape index (κ2) is 6.36. The smallest absolute Gasteiger partial charge is 0.133 e. The second-order valence-corrected chi connectivity index (χ2v) is 5.90. The average Bonchev–Trinajstić information content (AvgIpc) is 3.08. The van der Waals surface area contributed by atoms with Gasteiger partial charge in [-0.2, -0.15) is 5.10 Å². The summed E-state index contributed by atoms with van der Waals surface area (Å²) in [5.41, 5.74) is 2.78. The lowest BCUT2D eigenvalue weighted by Crippen LogP contribution is -2.40. The second-order valence-electron chi connectivity index (χ2n) is 5.90. The van der Waals surface area contributed by atoms with Gasteiger partial charge in [0.1, 0.15) is 11.4 Å². The maximum atomic E-state index is 5.67. The molecule has 2 N–H and O–H groups in total. The third kappa shape index (κ3) is 3.68. The lowest BCUT2D eigenvalue weighted by molar-refractivity contribution is 0.0158. The minimum absolute atomic E-state index is 0.156. The van der Waals surface area contributed by atoms with Crippen LogP contribution in [0.4, 0.5) is 0 Å². The van der Waals surface area contributed by atoms with E-state index in [0.717, 1.165) is 43.2 Å². The van der Waals surface area contributed by atoms with Gasteiger partial charge in [0, 0.05) is 18.8 Å². The van der Waals surface area contributed by atoms with Gasteiger partial charge in [0.25, 0.3) is 0 Å². The summed E-state index contributed by atoms with van der Waals surface area (Å²) in [5, 5.41) is 19.1. The van der Waals surface area contributed by atoms with Crippen LogP contribution in [0.1, 0.15) is 19.5 Å². The summed E-state index contributed by atoms with van der Waals surface area (Å²) in [7, 11) is 0. The van der Waals surface area contributed by atoms with Crippen molar-refractivity contribution in [2.45, 2.75) is 32.9 Å². The van der Waals surface area contributed by atoms with Crippen molar-refractivity contribution in [3.05, 3.63) is 18.0 Å². The molecular weight excluding hydrogens is 268 g/mol. The largest absolute Gasteiger partial charge is 0.374 e. The molecule has 0 saturated carbocycles. The summed E-state index contributed by atoms with van der Waals surface area (Å²) in [5.74, 6) is 0.602. The van der Waals surface area contributed by atoms with Crippen LogP contribution in [0.25, 0.3) is 11.4 Å². The van der Waals surface area contributed by atoms with Crippen molar-refractivity contribution in [3.63, 3.8) is 0 Å². The Bertz CT molecular complexity index is 570.